The van der Waals surface area contributed by atoms with Gasteiger partial charge >= 0.3 is 0 Å². The standard InChI is InChI=1S/C15H30N2O2S/c1-13-7-3-2-4-8-15(13)17-20(18,19)12-6-5-11-16-14-9-10-14/h13-17H,2-12H2,1H3. The summed E-state index contributed by atoms with van der Waals surface area (Å²) >= 11 is 0. The molecule has 0 radical (unpaired) electrons. The Hall–Kier alpha value is -0.130. The average Bonchev–Trinajstić information content (AvgIpc) is 3.20. The smallest absolute Gasteiger partial charge is 0.211 e. The van der Waals surface area contributed by atoms with Gasteiger partial charge in [0.15, 0.2) is 0 Å². The summed E-state index contributed by atoms with van der Waals surface area (Å²) in [5.41, 5.74) is 0. The Labute approximate surface area is 124 Å². The van der Waals surface area contributed by atoms with Gasteiger partial charge in [0.05, 0.1) is 5.75 Å². The molecule has 2 rings (SSSR count). The molecule has 0 spiro atoms. The molecule has 2 atom stereocenters. The molecule has 2 fully saturated rings. The van der Waals surface area contributed by atoms with Crippen molar-refractivity contribution in [2.45, 2.75) is 76.8 Å². The van der Waals surface area contributed by atoms with Gasteiger partial charge < -0.3 is 5.32 Å². The number of sulfonamides is 1. The van der Waals surface area contributed by atoms with E-state index in [9.17, 15) is 8.42 Å². The van der Waals surface area contributed by atoms with Crippen molar-refractivity contribution in [2.75, 3.05) is 12.3 Å². The molecular weight excluding hydrogens is 272 g/mol. The maximum Gasteiger partial charge on any atom is 0.211 e. The van der Waals surface area contributed by atoms with Gasteiger partial charge in [0, 0.05) is 12.1 Å². The molecule has 20 heavy (non-hydrogen) atoms. The zero-order chi connectivity index (χ0) is 14.4. The summed E-state index contributed by atoms with van der Waals surface area (Å²) in [6.07, 6.45) is 10.1. The van der Waals surface area contributed by atoms with Gasteiger partial charge in [0.1, 0.15) is 0 Å². The summed E-state index contributed by atoms with van der Waals surface area (Å²) in [6.45, 7) is 3.14. The molecule has 0 aliphatic heterocycles. The predicted octanol–water partition coefficient (Wildman–Crippen LogP) is 2.41. The molecule has 2 unspecified atom stereocenters. The number of hydrogen-bond donors (Lipinski definition) is 2. The third-order valence-electron chi connectivity index (χ3n) is 4.54. The maximum absolute atomic E-state index is 12.1. The van der Waals surface area contributed by atoms with Crippen molar-refractivity contribution in [1.82, 2.24) is 10.0 Å². The van der Waals surface area contributed by atoms with Crippen LogP contribution in [0.4, 0.5) is 0 Å². The second kappa shape index (κ2) is 7.76. The lowest BCUT2D eigenvalue weighted by molar-refractivity contribution is 0.399. The van der Waals surface area contributed by atoms with Gasteiger partial charge in [-0.3, -0.25) is 0 Å². The predicted molar refractivity (Wildman–Crippen MR) is 83.2 cm³/mol. The zero-order valence-corrected chi connectivity index (χ0v) is 13.6. The third-order valence-corrected chi connectivity index (χ3v) is 6.03. The average molecular weight is 302 g/mol. The van der Waals surface area contributed by atoms with Crippen molar-refractivity contribution in [2.24, 2.45) is 5.92 Å². The highest BCUT2D eigenvalue weighted by molar-refractivity contribution is 7.89. The lowest BCUT2D eigenvalue weighted by Gasteiger charge is -2.22. The molecule has 2 saturated carbocycles. The van der Waals surface area contributed by atoms with E-state index >= 15 is 0 Å². The Morgan fingerprint density at radius 1 is 1.00 bits per heavy atom. The Morgan fingerprint density at radius 2 is 1.75 bits per heavy atom. The first-order valence-corrected chi connectivity index (χ1v) is 9.95. The van der Waals surface area contributed by atoms with Crippen LogP contribution in [0.2, 0.25) is 0 Å². The van der Waals surface area contributed by atoms with Gasteiger partial charge in [-0.15, -0.1) is 0 Å². The molecule has 0 amide bonds. The van der Waals surface area contributed by atoms with E-state index in [1.165, 1.54) is 25.7 Å². The van der Waals surface area contributed by atoms with E-state index in [1.54, 1.807) is 0 Å². The fourth-order valence-electron chi connectivity index (χ4n) is 2.97. The van der Waals surface area contributed by atoms with E-state index in [1.807, 2.05) is 0 Å². The molecule has 0 aromatic carbocycles. The van der Waals surface area contributed by atoms with Gasteiger partial charge in [-0.05, 0) is 51.0 Å². The van der Waals surface area contributed by atoms with Crippen LogP contribution in [0.15, 0.2) is 0 Å². The van der Waals surface area contributed by atoms with Gasteiger partial charge in [-0.1, -0.05) is 26.2 Å². The first-order valence-electron chi connectivity index (χ1n) is 8.30. The molecule has 0 aromatic rings. The number of rotatable bonds is 8. The molecule has 2 N–H and O–H groups in total. The van der Waals surface area contributed by atoms with Crippen LogP contribution in [0.1, 0.15) is 64.7 Å². The summed E-state index contributed by atoms with van der Waals surface area (Å²) in [6, 6.07) is 0.878. The molecule has 5 heteroatoms. The highest BCUT2D eigenvalue weighted by atomic mass is 32.2. The molecule has 0 saturated heterocycles. The molecule has 0 heterocycles. The highest BCUT2D eigenvalue weighted by Gasteiger charge is 2.24. The Bertz CT molecular complexity index is 379. The first-order chi connectivity index (χ1) is 9.57. The van der Waals surface area contributed by atoms with Gasteiger partial charge in [0.2, 0.25) is 10.0 Å². The summed E-state index contributed by atoms with van der Waals surface area (Å²) in [7, 11) is -3.09. The molecule has 2 aliphatic carbocycles. The number of unbranched alkanes of at least 4 members (excludes halogenated alkanes) is 1. The van der Waals surface area contributed by atoms with Crippen LogP contribution in [-0.4, -0.2) is 32.8 Å². The lowest BCUT2D eigenvalue weighted by atomic mass is 9.98. The topological polar surface area (TPSA) is 58.2 Å². The second-order valence-electron chi connectivity index (χ2n) is 6.59. The zero-order valence-electron chi connectivity index (χ0n) is 12.7. The van der Waals surface area contributed by atoms with E-state index < -0.39 is 10.0 Å². The lowest BCUT2D eigenvalue weighted by Crippen LogP contribution is -2.40. The second-order valence-corrected chi connectivity index (χ2v) is 8.47. The SMILES string of the molecule is CC1CCCCCC1NS(=O)(=O)CCCCNC1CC1. The fraction of sp³-hybridized carbons (Fsp3) is 1.00. The molecule has 0 aromatic heterocycles. The largest absolute Gasteiger partial charge is 0.314 e. The van der Waals surface area contributed by atoms with Crippen LogP contribution >= 0.6 is 0 Å². The van der Waals surface area contributed by atoms with Crippen LogP contribution in [0, 0.1) is 5.92 Å². The van der Waals surface area contributed by atoms with Crippen LogP contribution in [-0.2, 0) is 10.0 Å². The number of hydrogen-bond acceptors (Lipinski definition) is 3. The molecule has 118 valence electrons. The van der Waals surface area contributed by atoms with E-state index in [0.717, 1.165) is 44.7 Å². The Morgan fingerprint density at radius 3 is 2.50 bits per heavy atom. The van der Waals surface area contributed by atoms with Gasteiger partial charge in [0.25, 0.3) is 0 Å². The fourth-order valence-corrected chi connectivity index (χ4v) is 4.48. The third kappa shape index (κ3) is 6.10. The van der Waals surface area contributed by atoms with E-state index in [-0.39, 0.29) is 11.8 Å². The number of nitrogens with one attached hydrogen (secondary N) is 2. The molecule has 4 nitrogen and oxygen atoms in total. The molecule has 0 bridgehead atoms. The van der Waals surface area contributed by atoms with Crippen LogP contribution in [0.25, 0.3) is 0 Å². The summed E-state index contributed by atoms with van der Waals surface area (Å²) < 4.78 is 27.2. The summed E-state index contributed by atoms with van der Waals surface area (Å²) in [4.78, 5) is 0. The summed E-state index contributed by atoms with van der Waals surface area (Å²) in [5.74, 6) is 0.756. The van der Waals surface area contributed by atoms with E-state index in [4.69, 9.17) is 0 Å². The van der Waals surface area contributed by atoms with Crippen LogP contribution in [0.3, 0.4) is 0 Å². The monoisotopic (exact) mass is 302 g/mol. The minimum atomic E-state index is -3.09. The van der Waals surface area contributed by atoms with Crippen molar-refractivity contribution in [1.29, 1.82) is 0 Å². The minimum Gasteiger partial charge on any atom is -0.314 e. The van der Waals surface area contributed by atoms with Crippen molar-refractivity contribution < 1.29 is 8.42 Å². The van der Waals surface area contributed by atoms with E-state index in [2.05, 4.69) is 17.0 Å². The Balaban J connectivity index is 1.65. The van der Waals surface area contributed by atoms with Gasteiger partial charge in [-0.25, -0.2) is 13.1 Å². The normalized spacial score (nSPS) is 28.2. The van der Waals surface area contributed by atoms with Crippen molar-refractivity contribution in [3.8, 4) is 0 Å². The summed E-state index contributed by atoms with van der Waals surface area (Å²) in [5, 5.41) is 3.42. The van der Waals surface area contributed by atoms with Crippen molar-refractivity contribution in [3.05, 3.63) is 0 Å². The van der Waals surface area contributed by atoms with E-state index in [0.29, 0.717) is 5.92 Å². The maximum atomic E-state index is 12.1. The quantitative estimate of drug-likeness (QED) is 0.535. The van der Waals surface area contributed by atoms with Gasteiger partial charge in [-0.2, -0.15) is 0 Å². The van der Waals surface area contributed by atoms with Crippen LogP contribution < -0.4 is 10.0 Å². The Kier molecular flexibility index (Phi) is 6.30. The highest BCUT2D eigenvalue weighted by Crippen LogP contribution is 2.23. The minimum absolute atomic E-state index is 0.159. The van der Waals surface area contributed by atoms with Crippen molar-refractivity contribution >= 4 is 10.0 Å². The molecule has 2 aliphatic rings. The van der Waals surface area contributed by atoms with Crippen molar-refractivity contribution in [3.63, 3.8) is 0 Å². The molecular formula is C15H30N2O2S. The van der Waals surface area contributed by atoms with Crippen LogP contribution in [0.5, 0.6) is 0 Å². The first kappa shape index (κ1) is 16.2.